The van der Waals surface area contributed by atoms with Crippen molar-refractivity contribution in [3.05, 3.63) is 76.5 Å². The summed E-state index contributed by atoms with van der Waals surface area (Å²) >= 11 is 0. The average molecular weight is 394 g/mol. The smallest absolute Gasteiger partial charge is 0.158 e. The van der Waals surface area contributed by atoms with E-state index in [1.165, 1.54) is 0 Å². The zero-order valence-electron chi connectivity index (χ0n) is 16.7. The number of fused-ring (bicyclic) bond motifs is 1. The lowest BCUT2D eigenvalue weighted by molar-refractivity contribution is 0.594. The lowest BCUT2D eigenvalue weighted by atomic mass is 9.94. The van der Waals surface area contributed by atoms with E-state index < -0.39 is 9.84 Å². The van der Waals surface area contributed by atoms with Gasteiger partial charge in [0.05, 0.1) is 17.2 Å². The third kappa shape index (κ3) is 4.48. The van der Waals surface area contributed by atoms with E-state index in [1.807, 2.05) is 43.3 Å². The standard InChI is InChI=1S/C24H27NO2S/c1-5-13-25-19(4)9-12-23-15-21(14-22(6-2)24(23)25)17-28(26,27)16-20-10-7-18(3)8-11-20/h2,7-8,10-11,14-15H,4-5,9,12-13,16-17H2,1,3H3. The molecule has 0 fully saturated rings. The molecule has 0 atom stereocenters. The Morgan fingerprint density at radius 3 is 2.43 bits per heavy atom. The van der Waals surface area contributed by atoms with E-state index in [1.54, 1.807) is 0 Å². The highest BCUT2D eigenvalue weighted by Crippen LogP contribution is 2.36. The molecule has 1 aliphatic rings. The largest absolute Gasteiger partial charge is 0.344 e. The number of anilines is 1. The quantitative estimate of drug-likeness (QED) is 0.664. The fourth-order valence-corrected chi connectivity index (χ4v) is 5.25. The summed E-state index contributed by atoms with van der Waals surface area (Å²) in [5.41, 5.74) is 6.68. The van der Waals surface area contributed by atoms with Crippen LogP contribution in [-0.2, 0) is 27.8 Å². The number of hydrogen-bond donors (Lipinski definition) is 0. The molecule has 0 bridgehead atoms. The van der Waals surface area contributed by atoms with Gasteiger partial charge in [0.1, 0.15) is 0 Å². The van der Waals surface area contributed by atoms with Gasteiger partial charge in [0.2, 0.25) is 0 Å². The van der Waals surface area contributed by atoms with Crippen molar-refractivity contribution in [2.75, 3.05) is 11.4 Å². The van der Waals surface area contributed by atoms with Crippen LogP contribution >= 0.6 is 0 Å². The van der Waals surface area contributed by atoms with Gasteiger partial charge in [0.25, 0.3) is 0 Å². The Kier molecular flexibility index (Phi) is 5.96. The van der Waals surface area contributed by atoms with E-state index in [0.29, 0.717) is 0 Å². The molecule has 3 nitrogen and oxygen atoms in total. The summed E-state index contributed by atoms with van der Waals surface area (Å²) in [6, 6.07) is 11.5. The van der Waals surface area contributed by atoms with Crippen molar-refractivity contribution in [3.8, 4) is 12.3 Å². The zero-order valence-corrected chi connectivity index (χ0v) is 17.5. The van der Waals surface area contributed by atoms with Gasteiger partial charge in [-0.15, -0.1) is 6.42 Å². The van der Waals surface area contributed by atoms with Crippen LogP contribution in [0.1, 0.15) is 47.6 Å². The van der Waals surface area contributed by atoms with Crippen molar-refractivity contribution < 1.29 is 8.42 Å². The molecule has 0 aliphatic carbocycles. The maximum absolute atomic E-state index is 12.8. The predicted octanol–water partition coefficient (Wildman–Crippen LogP) is 4.77. The Morgan fingerprint density at radius 1 is 1.11 bits per heavy atom. The third-order valence-electron chi connectivity index (χ3n) is 5.08. The number of sulfone groups is 1. The number of nitrogens with zero attached hydrogens (tertiary/aromatic N) is 1. The minimum absolute atomic E-state index is 0.00242. The molecule has 3 rings (SSSR count). The Balaban J connectivity index is 1.90. The second kappa shape index (κ2) is 8.24. The summed E-state index contributed by atoms with van der Waals surface area (Å²) in [6.07, 6.45) is 8.50. The molecule has 0 unspecified atom stereocenters. The third-order valence-corrected chi connectivity index (χ3v) is 6.63. The van der Waals surface area contributed by atoms with Gasteiger partial charge in [-0.2, -0.15) is 0 Å². The molecule has 1 heterocycles. The molecule has 0 N–H and O–H groups in total. The van der Waals surface area contributed by atoms with Gasteiger partial charge in [-0.25, -0.2) is 8.42 Å². The number of allylic oxidation sites excluding steroid dienone is 1. The fraction of sp³-hybridized carbons (Fsp3) is 0.333. The van der Waals surface area contributed by atoms with Crippen molar-refractivity contribution in [2.24, 2.45) is 0 Å². The number of hydrogen-bond acceptors (Lipinski definition) is 3. The molecule has 1 aliphatic heterocycles. The van der Waals surface area contributed by atoms with Gasteiger partial charge in [0, 0.05) is 17.8 Å². The normalized spacial score (nSPS) is 13.9. The van der Waals surface area contributed by atoms with Crippen molar-refractivity contribution in [2.45, 2.75) is 44.6 Å². The van der Waals surface area contributed by atoms with Crippen LogP contribution in [0.3, 0.4) is 0 Å². The molecule has 2 aromatic carbocycles. The minimum Gasteiger partial charge on any atom is -0.344 e. The average Bonchev–Trinajstić information content (AvgIpc) is 2.65. The fourth-order valence-electron chi connectivity index (χ4n) is 3.77. The molecule has 0 saturated carbocycles. The summed E-state index contributed by atoms with van der Waals surface area (Å²) in [5, 5.41) is 0. The summed E-state index contributed by atoms with van der Waals surface area (Å²) in [5.74, 6) is 2.80. The Labute approximate surface area is 169 Å². The highest BCUT2D eigenvalue weighted by molar-refractivity contribution is 7.89. The van der Waals surface area contributed by atoms with E-state index in [4.69, 9.17) is 6.42 Å². The molecule has 0 saturated heterocycles. The first kappa shape index (κ1) is 20.2. The van der Waals surface area contributed by atoms with Gasteiger partial charge >= 0.3 is 0 Å². The minimum atomic E-state index is -3.29. The van der Waals surface area contributed by atoms with Crippen LogP contribution in [0.4, 0.5) is 5.69 Å². The van der Waals surface area contributed by atoms with Crippen molar-refractivity contribution in [1.82, 2.24) is 0 Å². The monoisotopic (exact) mass is 393 g/mol. The first-order valence-corrected chi connectivity index (χ1v) is 11.5. The van der Waals surface area contributed by atoms with Crippen LogP contribution in [0, 0.1) is 19.3 Å². The molecule has 28 heavy (non-hydrogen) atoms. The summed E-state index contributed by atoms with van der Waals surface area (Å²) in [4.78, 5) is 2.19. The Morgan fingerprint density at radius 2 is 1.79 bits per heavy atom. The summed E-state index contributed by atoms with van der Waals surface area (Å²) in [7, 11) is -3.29. The molecule has 0 aromatic heterocycles. The molecule has 0 amide bonds. The maximum Gasteiger partial charge on any atom is 0.158 e. The van der Waals surface area contributed by atoms with Gasteiger partial charge in [-0.1, -0.05) is 55.3 Å². The molecular formula is C24H27NO2S. The molecule has 0 radical (unpaired) electrons. The molecule has 0 spiro atoms. The van der Waals surface area contributed by atoms with Gasteiger partial charge in [-0.3, -0.25) is 0 Å². The van der Waals surface area contributed by atoms with Crippen LogP contribution in [-0.4, -0.2) is 15.0 Å². The molecule has 146 valence electrons. The predicted molar refractivity (Wildman–Crippen MR) is 117 cm³/mol. The highest BCUT2D eigenvalue weighted by Gasteiger charge is 2.24. The molecule has 2 aromatic rings. The first-order chi connectivity index (χ1) is 13.3. The SMILES string of the molecule is C#Cc1cc(CS(=O)(=O)Cc2ccc(C)cc2)cc2c1N(CCC)C(=C)CC2. The van der Waals surface area contributed by atoms with Crippen molar-refractivity contribution >= 4 is 15.5 Å². The van der Waals surface area contributed by atoms with E-state index >= 15 is 0 Å². The van der Waals surface area contributed by atoms with Gasteiger partial charge < -0.3 is 4.90 Å². The maximum atomic E-state index is 12.8. The lowest BCUT2D eigenvalue weighted by Crippen LogP contribution is -2.28. The van der Waals surface area contributed by atoms with E-state index in [0.717, 1.165) is 65.0 Å². The van der Waals surface area contributed by atoms with Crippen LogP contribution < -0.4 is 4.90 Å². The lowest BCUT2D eigenvalue weighted by Gasteiger charge is -2.34. The second-order valence-corrected chi connectivity index (χ2v) is 9.60. The number of rotatable bonds is 6. The topological polar surface area (TPSA) is 37.4 Å². The van der Waals surface area contributed by atoms with E-state index in [9.17, 15) is 8.42 Å². The summed E-state index contributed by atoms with van der Waals surface area (Å²) in [6.45, 7) is 9.17. The van der Waals surface area contributed by atoms with Gasteiger partial charge in [0.15, 0.2) is 9.84 Å². The van der Waals surface area contributed by atoms with Gasteiger partial charge in [-0.05, 0) is 48.9 Å². The molecular weight excluding hydrogens is 366 g/mol. The van der Waals surface area contributed by atoms with Crippen LogP contribution in [0.25, 0.3) is 0 Å². The van der Waals surface area contributed by atoms with Crippen LogP contribution in [0.15, 0.2) is 48.7 Å². The Bertz CT molecular complexity index is 1030. The van der Waals surface area contributed by atoms with Crippen LogP contribution in [0.5, 0.6) is 0 Å². The number of benzene rings is 2. The van der Waals surface area contributed by atoms with E-state index in [2.05, 4.69) is 24.3 Å². The first-order valence-electron chi connectivity index (χ1n) is 9.66. The summed E-state index contributed by atoms with van der Waals surface area (Å²) < 4.78 is 25.5. The second-order valence-electron chi connectivity index (χ2n) is 7.53. The number of aryl methyl sites for hydroxylation is 2. The van der Waals surface area contributed by atoms with Crippen molar-refractivity contribution in [3.63, 3.8) is 0 Å². The number of terminal acetylenes is 1. The van der Waals surface area contributed by atoms with Crippen molar-refractivity contribution in [1.29, 1.82) is 0 Å². The Hall–Kier alpha value is -2.51. The van der Waals surface area contributed by atoms with E-state index in [-0.39, 0.29) is 11.5 Å². The van der Waals surface area contributed by atoms with Crippen LogP contribution in [0.2, 0.25) is 0 Å². The molecule has 4 heteroatoms. The zero-order chi connectivity index (χ0) is 20.3. The highest BCUT2D eigenvalue weighted by atomic mass is 32.2.